The molecule has 5 heteroatoms. The minimum atomic E-state index is -0.973. The summed E-state index contributed by atoms with van der Waals surface area (Å²) in [7, 11) is 1.72. The monoisotopic (exact) mass is 217 g/mol. The highest BCUT2D eigenvalue weighted by Crippen LogP contribution is 2.25. The molecule has 0 bridgehead atoms. The number of carboxylic acid groups (broad SMARTS) is 1. The molecule has 82 valence electrons. The van der Waals surface area contributed by atoms with Gasteiger partial charge in [0.1, 0.15) is 5.56 Å². The van der Waals surface area contributed by atoms with E-state index >= 15 is 0 Å². The van der Waals surface area contributed by atoms with Crippen LogP contribution in [-0.4, -0.2) is 25.8 Å². The maximum absolute atomic E-state index is 11.1. The van der Waals surface area contributed by atoms with E-state index in [1.165, 1.54) is 6.20 Å². The van der Waals surface area contributed by atoms with Crippen molar-refractivity contribution in [3.8, 4) is 11.3 Å². The summed E-state index contributed by atoms with van der Waals surface area (Å²) in [5, 5.41) is 13.0. The highest BCUT2D eigenvalue weighted by atomic mass is 16.4. The van der Waals surface area contributed by atoms with Gasteiger partial charge in [0.15, 0.2) is 0 Å². The molecule has 0 spiro atoms. The van der Waals surface area contributed by atoms with Crippen molar-refractivity contribution in [1.82, 2.24) is 14.8 Å². The first-order chi connectivity index (χ1) is 7.61. The molecule has 0 saturated heterocycles. The molecule has 0 aliphatic heterocycles. The second-order valence-corrected chi connectivity index (χ2v) is 3.53. The molecule has 0 amide bonds. The van der Waals surface area contributed by atoms with Crippen LogP contribution >= 0.6 is 0 Å². The van der Waals surface area contributed by atoms with E-state index in [2.05, 4.69) is 10.1 Å². The number of aromatic carboxylic acids is 1. The Balaban J connectivity index is 2.68. The molecule has 0 unspecified atom stereocenters. The third-order valence-electron chi connectivity index (χ3n) is 2.44. The second kappa shape index (κ2) is 3.77. The van der Waals surface area contributed by atoms with Crippen LogP contribution in [0.15, 0.2) is 24.7 Å². The van der Waals surface area contributed by atoms with Gasteiger partial charge in [-0.05, 0) is 18.6 Å². The highest BCUT2D eigenvalue weighted by Gasteiger charge is 2.17. The molecule has 2 aromatic rings. The van der Waals surface area contributed by atoms with E-state index in [4.69, 9.17) is 5.11 Å². The van der Waals surface area contributed by atoms with Gasteiger partial charge in [0.25, 0.3) is 0 Å². The average molecular weight is 217 g/mol. The summed E-state index contributed by atoms with van der Waals surface area (Å²) >= 11 is 0. The fourth-order valence-electron chi connectivity index (χ4n) is 1.65. The molecule has 0 aromatic carbocycles. The molecule has 1 N–H and O–H groups in total. The molecule has 0 aliphatic rings. The Morgan fingerprint density at radius 1 is 1.44 bits per heavy atom. The topological polar surface area (TPSA) is 68.0 Å². The Morgan fingerprint density at radius 2 is 2.19 bits per heavy atom. The minimum Gasteiger partial charge on any atom is -0.478 e. The zero-order valence-electron chi connectivity index (χ0n) is 9.01. The van der Waals surface area contributed by atoms with Gasteiger partial charge in [-0.25, -0.2) is 4.79 Å². The summed E-state index contributed by atoms with van der Waals surface area (Å²) in [4.78, 5) is 15.0. The Labute approximate surface area is 92.4 Å². The minimum absolute atomic E-state index is 0.205. The van der Waals surface area contributed by atoms with Crippen LogP contribution in [0, 0.1) is 6.92 Å². The van der Waals surface area contributed by atoms with Gasteiger partial charge in [0.2, 0.25) is 0 Å². The van der Waals surface area contributed by atoms with Crippen LogP contribution in [0.4, 0.5) is 0 Å². The quantitative estimate of drug-likeness (QED) is 0.827. The number of pyridine rings is 1. The first-order valence-corrected chi connectivity index (χ1v) is 4.77. The fourth-order valence-corrected chi connectivity index (χ4v) is 1.65. The number of aromatic nitrogens is 3. The van der Waals surface area contributed by atoms with E-state index in [1.807, 2.05) is 6.92 Å². The molecule has 0 saturated carbocycles. The first kappa shape index (κ1) is 10.4. The van der Waals surface area contributed by atoms with Crippen molar-refractivity contribution in [2.75, 3.05) is 0 Å². The maximum Gasteiger partial charge on any atom is 0.339 e. The number of hydrogen-bond donors (Lipinski definition) is 1. The van der Waals surface area contributed by atoms with E-state index in [0.29, 0.717) is 5.69 Å². The zero-order chi connectivity index (χ0) is 11.7. The SMILES string of the molecule is Cc1cnccc1-c1c(C(=O)O)cnn1C. The third-order valence-corrected chi connectivity index (χ3v) is 2.44. The second-order valence-electron chi connectivity index (χ2n) is 3.53. The van der Waals surface area contributed by atoms with Crippen molar-refractivity contribution < 1.29 is 9.90 Å². The lowest BCUT2D eigenvalue weighted by Crippen LogP contribution is -2.01. The average Bonchev–Trinajstić information content (AvgIpc) is 2.61. The Bertz CT molecular complexity index is 546. The molecule has 2 aromatic heterocycles. The predicted octanol–water partition coefficient (Wildman–Crippen LogP) is 1.49. The standard InChI is InChI=1S/C11H11N3O2/c1-7-5-12-4-3-8(7)10-9(11(15)16)6-13-14(10)2/h3-6H,1-2H3,(H,15,16). The van der Waals surface area contributed by atoms with Crippen molar-refractivity contribution in [2.24, 2.45) is 7.05 Å². The van der Waals surface area contributed by atoms with Crippen LogP contribution in [0.5, 0.6) is 0 Å². The molecule has 2 heterocycles. The molecule has 0 fully saturated rings. The predicted molar refractivity (Wildman–Crippen MR) is 58.1 cm³/mol. The number of carboxylic acids is 1. The summed E-state index contributed by atoms with van der Waals surface area (Å²) in [5.41, 5.74) is 2.57. The Kier molecular flexibility index (Phi) is 2.44. The van der Waals surface area contributed by atoms with Crippen molar-refractivity contribution in [3.63, 3.8) is 0 Å². The summed E-state index contributed by atoms with van der Waals surface area (Å²) in [6.45, 7) is 1.89. The Morgan fingerprint density at radius 3 is 2.81 bits per heavy atom. The van der Waals surface area contributed by atoms with Crippen LogP contribution in [0.2, 0.25) is 0 Å². The number of hydrogen-bond acceptors (Lipinski definition) is 3. The summed E-state index contributed by atoms with van der Waals surface area (Å²) < 4.78 is 1.56. The van der Waals surface area contributed by atoms with Gasteiger partial charge in [-0.15, -0.1) is 0 Å². The zero-order valence-corrected chi connectivity index (χ0v) is 9.01. The Hall–Kier alpha value is -2.17. The lowest BCUT2D eigenvalue weighted by atomic mass is 10.1. The number of rotatable bonds is 2. The van der Waals surface area contributed by atoms with Gasteiger partial charge < -0.3 is 5.11 Å². The first-order valence-electron chi connectivity index (χ1n) is 4.77. The molecule has 0 aliphatic carbocycles. The maximum atomic E-state index is 11.1. The number of nitrogens with zero attached hydrogens (tertiary/aromatic N) is 3. The molecular weight excluding hydrogens is 206 g/mol. The molecule has 5 nitrogen and oxygen atoms in total. The van der Waals surface area contributed by atoms with Crippen molar-refractivity contribution >= 4 is 5.97 Å². The lowest BCUT2D eigenvalue weighted by molar-refractivity contribution is 0.0697. The van der Waals surface area contributed by atoms with Gasteiger partial charge in [-0.2, -0.15) is 5.10 Å². The van der Waals surface area contributed by atoms with E-state index < -0.39 is 5.97 Å². The number of aryl methyl sites for hydroxylation is 2. The molecule has 16 heavy (non-hydrogen) atoms. The van der Waals surface area contributed by atoms with Crippen LogP contribution in [0.25, 0.3) is 11.3 Å². The van der Waals surface area contributed by atoms with Gasteiger partial charge in [0.05, 0.1) is 11.9 Å². The van der Waals surface area contributed by atoms with Crippen LogP contribution in [-0.2, 0) is 7.05 Å². The smallest absolute Gasteiger partial charge is 0.339 e. The van der Waals surface area contributed by atoms with Gasteiger partial charge in [-0.1, -0.05) is 0 Å². The summed E-state index contributed by atoms with van der Waals surface area (Å²) in [6.07, 6.45) is 4.70. The fraction of sp³-hybridized carbons (Fsp3) is 0.182. The summed E-state index contributed by atoms with van der Waals surface area (Å²) in [6, 6.07) is 1.79. The van der Waals surface area contributed by atoms with Crippen molar-refractivity contribution in [1.29, 1.82) is 0 Å². The van der Waals surface area contributed by atoms with Gasteiger partial charge in [0, 0.05) is 25.0 Å². The van der Waals surface area contributed by atoms with E-state index in [-0.39, 0.29) is 5.56 Å². The van der Waals surface area contributed by atoms with E-state index in [1.54, 1.807) is 30.2 Å². The molecule has 0 radical (unpaired) electrons. The highest BCUT2D eigenvalue weighted by molar-refractivity contribution is 5.95. The van der Waals surface area contributed by atoms with Gasteiger partial charge >= 0.3 is 5.97 Å². The molecule has 2 rings (SSSR count). The van der Waals surface area contributed by atoms with Crippen LogP contribution in [0.1, 0.15) is 15.9 Å². The van der Waals surface area contributed by atoms with Crippen LogP contribution in [0.3, 0.4) is 0 Å². The number of carbonyl (C=O) groups is 1. The lowest BCUT2D eigenvalue weighted by Gasteiger charge is -2.06. The van der Waals surface area contributed by atoms with E-state index in [0.717, 1.165) is 11.1 Å². The van der Waals surface area contributed by atoms with Crippen LogP contribution < -0.4 is 0 Å². The molecular formula is C11H11N3O2. The molecule has 0 atom stereocenters. The van der Waals surface area contributed by atoms with E-state index in [9.17, 15) is 4.79 Å². The summed E-state index contributed by atoms with van der Waals surface area (Å²) in [5.74, 6) is -0.973. The van der Waals surface area contributed by atoms with Gasteiger partial charge in [-0.3, -0.25) is 9.67 Å². The largest absolute Gasteiger partial charge is 0.478 e. The third kappa shape index (κ3) is 1.56. The van der Waals surface area contributed by atoms with Crippen molar-refractivity contribution in [2.45, 2.75) is 6.92 Å². The van der Waals surface area contributed by atoms with Crippen molar-refractivity contribution in [3.05, 3.63) is 35.8 Å². The normalized spacial score (nSPS) is 10.4.